The fourth-order valence-corrected chi connectivity index (χ4v) is 1.49. The Labute approximate surface area is 98.4 Å². The van der Waals surface area contributed by atoms with Gasteiger partial charge in [0.25, 0.3) is 0 Å². The van der Waals surface area contributed by atoms with Crippen LogP contribution in [0.1, 0.15) is 23.0 Å². The van der Waals surface area contributed by atoms with Crippen LogP contribution in [0.15, 0.2) is 28.9 Å². The molecule has 0 aliphatic rings. The van der Waals surface area contributed by atoms with Gasteiger partial charge in [-0.1, -0.05) is 11.2 Å². The molecule has 2 aromatic heterocycles. The predicted molar refractivity (Wildman–Crippen MR) is 60.4 cm³/mol. The average molecular weight is 232 g/mol. The Morgan fingerprint density at radius 1 is 1.47 bits per heavy atom. The quantitative estimate of drug-likeness (QED) is 0.759. The second kappa shape index (κ2) is 4.78. The van der Waals surface area contributed by atoms with Crippen LogP contribution in [-0.4, -0.2) is 22.7 Å². The summed E-state index contributed by atoms with van der Waals surface area (Å²) in [5, 5.41) is 3.85. The van der Waals surface area contributed by atoms with E-state index in [0.717, 1.165) is 0 Å². The van der Waals surface area contributed by atoms with Crippen molar-refractivity contribution in [2.24, 2.45) is 0 Å². The standard InChI is InChI=1S/C12H12N2O3/c1-3-16-12(15)10-8(2)17-14-11(10)9-6-4-5-7-13-9/h4-7H,3H2,1-2H3. The summed E-state index contributed by atoms with van der Waals surface area (Å²) < 4.78 is 9.99. The molecule has 5 nitrogen and oxygen atoms in total. The molecule has 0 N–H and O–H groups in total. The smallest absolute Gasteiger partial charge is 0.344 e. The molecule has 0 atom stereocenters. The highest BCUT2D eigenvalue weighted by molar-refractivity contribution is 5.96. The molecule has 0 saturated carbocycles. The van der Waals surface area contributed by atoms with Gasteiger partial charge in [-0.05, 0) is 26.0 Å². The number of nitrogens with zero attached hydrogens (tertiary/aromatic N) is 2. The second-order valence-electron chi connectivity index (χ2n) is 3.40. The van der Waals surface area contributed by atoms with Gasteiger partial charge in [-0.25, -0.2) is 4.79 Å². The fourth-order valence-electron chi connectivity index (χ4n) is 1.49. The molecule has 2 heterocycles. The number of pyridine rings is 1. The summed E-state index contributed by atoms with van der Waals surface area (Å²) >= 11 is 0. The maximum Gasteiger partial charge on any atom is 0.344 e. The molecule has 0 aliphatic carbocycles. The molecule has 88 valence electrons. The number of ether oxygens (including phenoxy) is 1. The van der Waals surface area contributed by atoms with Gasteiger partial charge < -0.3 is 9.26 Å². The van der Waals surface area contributed by atoms with E-state index in [4.69, 9.17) is 9.26 Å². The van der Waals surface area contributed by atoms with E-state index in [-0.39, 0.29) is 0 Å². The number of esters is 1. The minimum absolute atomic E-state index is 0.311. The van der Waals surface area contributed by atoms with Crippen LogP contribution < -0.4 is 0 Å². The first-order valence-corrected chi connectivity index (χ1v) is 5.28. The molecule has 0 aliphatic heterocycles. The van der Waals surface area contributed by atoms with Crippen LogP contribution in [0.2, 0.25) is 0 Å². The summed E-state index contributed by atoms with van der Waals surface area (Å²) in [4.78, 5) is 15.9. The van der Waals surface area contributed by atoms with Gasteiger partial charge in [0.2, 0.25) is 0 Å². The lowest BCUT2D eigenvalue weighted by atomic mass is 10.1. The first kappa shape index (κ1) is 11.3. The van der Waals surface area contributed by atoms with E-state index >= 15 is 0 Å². The lowest BCUT2D eigenvalue weighted by Crippen LogP contribution is -2.06. The van der Waals surface area contributed by atoms with E-state index in [1.165, 1.54) is 0 Å². The van der Waals surface area contributed by atoms with Gasteiger partial charge in [-0.3, -0.25) is 4.98 Å². The molecule has 2 rings (SSSR count). The third kappa shape index (κ3) is 2.18. The average Bonchev–Trinajstić information content (AvgIpc) is 2.73. The fraction of sp³-hybridized carbons (Fsp3) is 0.250. The van der Waals surface area contributed by atoms with Crippen LogP contribution in [-0.2, 0) is 4.74 Å². The summed E-state index contributed by atoms with van der Waals surface area (Å²) in [5.41, 5.74) is 1.35. The van der Waals surface area contributed by atoms with Gasteiger partial charge in [0.1, 0.15) is 17.0 Å². The molecule has 0 amide bonds. The molecule has 0 spiro atoms. The maximum atomic E-state index is 11.8. The first-order valence-electron chi connectivity index (χ1n) is 5.28. The highest BCUT2D eigenvalue weighted by Gasteiger charge is 2.23. The highest BCUT2D eigenvalue weighted by atomic mass is 16.5. The van der Waals surface area contributed by atoms with Crippen molar-refractivity contribution in [1.82, 2.24) is 10.1 Å². The van der Waals surface area contributed by atoms with Gasteiger partial charge in [0, 0.05) is 6.20 Å². The molecule has 0 unspecified atom stereocenters. The van der Waals surface area contributed by atoms with Crippen molar-refractivity contribution < 1.29 is 14.1 Å². The summed E-state index contributed by atoms with van der Waals surface area (Å²) in [6.45, 7) is 3.73. The zero-order valence-electron chi connectivity index (χ0n) is 9.64. The largest absolute Gasteiger partial charge is 0.462 e. The molecule has 0 fully saturated rings. The van der Waals surface area contributed by atoms with Gasteiger partial charge in [0.05, 0.1) is 12.3 Å². The summed E-state index contributed by atoms with van der Waals surface area (Å²) in [5.74, 6) is -0.00370. The SMILES string of the molecule is CCOC(=O)c1c(-c2ccccn2)noc1C. The zero-order chi connectivity index (χ0) is 12.3. The number of rotatable bonds is 3. The topological polar surface area (TPSA) is 65.2 Å². The van der Waals surface area contributed by atoms with Crippen LogP contribution >= 0.6 is 0 Å². The number of aryl methyl sites for hydroxylation is 1. The highest BCUT2D eigenvalue weighted by Crippen LogP contribution is 2.23. The van der Waals surface area contributed by atoms with Crippen LogP contribution in [0.25, 0.3) is 11.4 Å². The molecule has 0 aromatic carbocycles. The first-order chi connectivity index (χ1) is 8.24. The van der Waals surface area contributed by atoms with Crippen molar-refractivity contribution in [1.29, 1.82) is 0 Å². The molecular formula is C12H12N2O3. The van der Waals surface area contributed by atoms with E-state index in [1.807, 2.05) is 6.07 Å². The van der Waals surface area contributed by atoms with E-state index in [1.54, 1.807) is 32.2 Å². The number of hydrogen-bond donors (Lipinski definition) is 0. The Morgan fingerprint density at radius 3 is 2.94 bits per heavy atom. The molecule has 2 aromatic rings. The molecule has 0 saturated heterocycles. The van der Waals surface area contributed by atoms with Crippen molar-refractivity contribution in [2.75, 3.05) is 6.61 Å². The van der Waals surface area contributed by atoms with Crippen LogP contribution in [0, 0.1) is 6.92 Å². The number of carbonyl (C=O) groups excluding carboxylic acids is 1. The normalized spacial score (nSPS) is 10.2. The lowest BCUT2D eigenvalue weighted by Gasteiger charge is -2.01. The second-order valence-corrected chi connectivity index (χ2v) is 3.40. The predicted octanol–water partition coefficient (Wildman–Crippen LogP) is 2.22. The Bertz CT molecular complexity index is 520. The van der Waals surface area contributed by atoms with Crippen LogP contribution in [0.3, 0.4) is 0 Å². The minimum Gasteiger partial charge on any atom is -0.462 e. The van der Waals surface area contributed by atoms with Gasteiger partial charge in [-0.2, -0.15) is 0 Å². The molecule has 17 heavy (non-hydrogen) atoms. The summed E-state index contributed by atoms with van der Waals surface area (Å²) in [6, 6.07) is 5.38. The van der Waals surface area contributed by atoms with E-state index < -0.39 is 5.97 Å². The van der Waals surface area contributed by atoms with E-state index in [0.29, 0.717) is 29.3 Å². The van der Waals surface area contributed by atoms with E-state index in [2.05, 4.69) is 10.1 Å². The lowest BCUT2D eigenvalue weighted by molar-refractivity contribution is 0.0525. The molecule has 0 bridgehead atoms. The Morgan fingerprint density at radius 2 is 2.29 bits per heavy atom. The number of carbonyl (C=O) groups is 1. The zero-order valence-corrected chi connectivity index (χ0v) is 9.64. The van der Waals surface area contributed by atoms with Gasteiger partial charge in [-0.15, -0.1) is 0 Å². The van der Waals surface area contributed by atoms with Crippen molar-refractivity contribution >= 4 is 5.97 Å². The number of aromatic nitrogens is 2. The third-order valence-corrected chi connectivity index (χ3v) is 2.25. The summed E-state index contributed by atoms with van der Waals surface area (Å²) in [7, 11) is 0. The van der Waals surface area contributed by atoms with Crippen molar-refractivity contribution in [3.8, 4) is 11.4 Å². The van der Waals surface area contributed by atoms with Crippen LogP contribution in [0.5, 0.6) is 0 Å². The monoisotopic (exact) mass is 232 g/mol. The summed E-state index contributed by atoms with van der Waals surface area (Å²) in [6.07, 6.45) is 1.63. The molecule has 0 radical (unpaired) electrons. The van der Waals surface area contributed by atoms with Crippen molar-refractivity contribution in [2.45, 2.75) is 13.8 Å². The van der Waals surface area contributed by atoms with Gasteiger partial charge in [0.15, 0.2) is 0 Å². The minimum atomic E-state index is -0.438. The number of hydrogen-bond acceptors (Lipinski definition) is 5. The van der Waals surface area contributed by atoms with Crippen molar-refractivity contribution in [3.63, 3.8) is 0 Å². The Kier molecular flexibility index (Phi) is 3.18. The maximum absolute atomic E-state index is 11.8. The van der Waals surface area contributed by atoms with E-state index in [9.17, 15) is 4.79 Å². The van der Waals surface area contributed by atoms with Gasteiger partial charge >= 0.3 is 5.97 Å². The Hall–Kier alpha value is -2.17. The van der Waals surface area contributed by atoms with Crippen molar-refractivity contribution in [3.05, 3.63) is 35.7 Å². The Balaban J connectivity index is 2.46. The van der Waals surface area contributed by atoms with Crippen LogP contribution in [0.4, 0.5) is 0 Å². The molecule has 5 heteroatoms. The molecular weight excluding hydrogens is 220 g/mol. The third-order valence-electron chi connectivity index (χ3n) is 2.25.